The number of nitrogens with two attached hydrogens (primary N) is 1. The van der Waals surface area contributed by atoms with Gasteiger partial charge >= 0.3 is 6.09 Å². The molecule has 0 radical (unpaired) electrons. The molecule has 3 rings (SSSR count). The molecule has 1 saturated heterocycles. The Bertz CT molecular complexity index is 1120. The van der Waals surface area contributed by atoms with Crippen LogP contribution in [0.25, 0.3) is 0 Å². The summed E-state index contributed by atoms with van der Waals surface area (Å²) >= 11 is 12.3. The molecule has 5 N–H and O–H groups in total. The molecule has 10 nitrogen and oxygen atoms in total. The molecule has 1 aromatic carbocycles. The van der Waals surface area contributed by atoms with E-state index in [-0.39, 0.29) is 39.2 Å². The van der Waals surface area contributed by atoms with Gasteiger partial charge in [-0.2, -0.15) is 0 Å². The minimum absolute atomic E-state index is 0.106. The lowest BCUT2D eigenvalue weighted by molar-refractivity contribution is 0.0126. The van der Waals surface area contributed by atoms with Crippen molar-refractivity contribution < 1.29 is 23.9 Å². The highest BCUT2D eigenvalue weighted by atomic mass is 35.5. The summed E-state index contributed by atoms with van der Waals surface area (Å²) in [6, 6.07) is 4.54. The van der Waals surface area contributed by atoms with Crippen molar-refractivity contribution in [1.82, 2.24) is 15.3 Å². The number of rotatable bonds is 5. The fraction of sp³-hybridized carbons (Fsp3) is 0.435. The lowest BCUT2D eigenvalue weighted by Crippen LogP contribution is -2.44. The van der Waals surface area contributed by atoms with E-state index in [0.29, 0.717) is 37.3 Å². The third-order valence-corrected chi connectivity index (χ3v) is 6.24. The van der Waals surface area contributed by atoms with Gasteiger partial charge in [0.15, 0.2) is 0 Å². The number of hydrogen-bond acceptors (Lipinski definition) is 6. The van der Waals surface area contributed by atoms with Crippen molar-refractivity contribution in [3.63, 3.8) is 0 Å². The first-order valence-corrected chi connectivity index (χ1v) is 11.8. The van der Waals surface area contributed by atoms with Crippen LogP contribution in [0.3, 0.4) is 0 Å². The molecule has 0 aliphatic carbocycles. The molecule has 2 heterocycles. The van der Waals surface area contributed by atoms with Crippen LogP contribution in [0.1, 0.15) is 60.2 Å². The minimum atomic E-state index is -0.577. The minimum Gasteiger partial charge on any atom is -0.488 e. The van der Waals surface area contributed by atoms with Gasteiger partial charge in [0, 0.05) is 37.2 Å². The lowest BCUT2D eigenvalue weighted by atomic mass is 10.1. The topological polar surface area (TPSA) is 139 Å². The highest BCUT2D eigenvalue weighted by molar-refractivity contribution is 6.44. The van der Waals surface area contributed by atoms with E-state index in [2.05, 4.69) is 15.7 Å². The first kappa shape index (κ1) is 26.7. The molecule has 12 heteroatoms. The average molecular weight is 526 g/mol. The maximum Gasteiger partial charge on any atom is 0.410 e. The molecular weight excluding hydrogens is 497 g/mol. The molecule has 1 aliphatic rings. The standard InChI is InChI=1S/C23H29Cl2N5O5/c1-12-17(24)18(25)19(27-12)21(32)28-15-6-5-13(20(31)29-26)11-16(15)34-14-7-9-30(10-8-14)22(33)35-23(2,3)4/h5-6,11,14,27H,7-10,26H2,1-4H3,(H,28,32)(H,29,31). The van der Waals surface area contributed by atoms with Crippen LogP contribution in [0.5, 0.6) is 5.75 Å². The van der Waals surface area contributed by atoms with E-state index in [4.69, 9.17) is 38.5 Å². The van der Waals surface area contributed by atoms with Crippen LogP contribution in [0.2, 0.25) is 10.0 Å². The predicted molar refractivity (Wildman–Crippen MR) is 133 cm³/mol. The summed E-state index contributed by atoms with van der Waals surface area (Å²) in [5, 5.41) is 3.12. The Morgan fingerprint density at radius 1 is 1.11 bits per heavy atom. The summed E-state index contributed by atoms with van der Waals surface area (Å²) in [5.74, 6) is 4.51. The number of hydrazine groups is 1. The number of halogens is 2. The van der Waals surface area contributed by atoms with Crippen molar-refractivity contribution in [2.24, 2.45) is 5.84 Å². The summed E-state index contributed by atoms with van der Waals surface area (Å²) in [6.07, 6.45) is 0.447. The number of aromatic nitrogens is 1. The van der Waals surface area contributed by atoms with E-state index < -0.39 is 17.4 Å². The van der Waals surface area contributed by atoms with Crippen molar-refractivity contribution in [3.8, 4) is 5.75 Å². The number of nitrogens with one attached hydrogen (secondary N) is 3. The molecule has 1 aromatic heterocycles. The number of amides is 3. The number of carbonyl (C=O) groups is 3. The number of hydrogen-bond donors (Lipinski definition) is 4. The average Bonchev–Trinajstić information content (AvgIpc) is 3.06. The van der Waals surface area contributed by atoms with Gasteiger partial charge in [0.25, 0.3) is 11.8 Å². The molecule has 1 fully saturated rings. The van der Waals surface area contributed by atoms with Crippen LogP contribution < -0.4 is 21.3 Å². The number of carbonyl (C=O) groups excluding carboxylic acids is 3. The van der Waals surface area contributed by atoms with Gasteiger partial charge < -0.3 is 24.7 Å². The smallest absolute Gasteiger partial charge is 0.410 e. The van der Waals surface area contributed by atoms with Crippen LogP contribution in [-0.4, -0.2) is 52.6 Å². The molecule has 3 amide bonds. The first-order valence-electron chi connectivity index (χ1n) is 11.0. The maximum atomic E-state index is 12.9. The van der Waals surface area contributed by atoms with Crippen molar-refractivity contribution in [2.75, 3.05) is 18.4 Å². The molecule has 0 spiro atoms. The second-order valence-corrected chi connectivity index (χ2v) is 9.93. The third kappa shape index (κ3) is 6.59. The second kappa shape index (κ2) is 10.8. The monoisotopic (exact) mass is 525 g/mol. The molecule has 2 aromatic rings. The Hall–Kier alpha value is -2.95. The Kier molecular flexibility index (Phi) is 8.19. The highest BCUT2D eigenvalue weighted by Gasteiger charge is 2.28. The van der Waals surface area contributed by atoms with Crippen LogP contribution in [0.15, 0.2) is 18.2 Å². The number of ether oxygens (including phenoxy) is 2. The Labute approximate surface area is 213 Å². The zero-order chi connectivity index (χ0) is 25.9. The van der Waals surface area contributed by atoms with Gasteiger partial charge in [-0.15, -0.1) is 0 Å². The summed E-state index contributed by atoms with van der Waals surface area (Å²) in [7, 11) is 0. The molecular formula is C23H29Cl2N5O5. The maximum absolute atomic E-state index is 12.9. The largest absolute Gasteiger partial charge is 0.488 e. The quantitative estimate of drug-likeness (QED) is 0.261. The first-order chi connectivity index (χ1) is 16.4. The summed E-state index contributed by atoms with van der Waals surface area (Å²) in [6.45, 7) is 8.04. The summed E-state index contributed by atoms with van der Waals surface area (Å²) in [4.78, 5) is 41.7. The molecule has 1 aliphatic heterocycles. The molecule has 0 unspecified atom stereocenters. The molecule has 35 heavy (non-hydrogen) atoms. The number of anilines is 1. The van der Waals surface area contributed by atoms with Crippen LogP contribution in [-0.2, 0) is 4.74 Å². The number of piperidine rings is 1. The SMILES string of the molecule is Cc1[nH]c(C(=O)Nc2ccc(C(=O)NN)cc2OC2CCN(C(=O)OC(C)(C)C)CC2)c(Cl)c1Cl. The van der Waals surface area contributed by atoms with Gasteiger partial charge in [-0.1, -0.05) is 23.2 Å². The summed E-state index contributed by atoms with van der Waals surface area (Å²) < 4.78 is 11.6. The molecule has 190 valence electrons. The van der Waals surface area contributed by atoms with Crippen molar-refractivity contribution in [1.29, 1.82) is 0 Å². The van der Waals surface area contributed by atoms with Crippen LogP contribution in [0.4, 0.5) is 10.5 Å². The van der Waals surface area contributed by atoms with E-state index in [1.165, 1.54) is 12.1 Å². The van der Waals surface area contributed by atoms with Gasteiger partial charge in [-0.05, 0) is 45.9 Å². The fourth-order valence-corrected chi connectivity index (χ4v) is 3.94. The fourth-order valence-electron chi connectivity index (χ4n) is 3.52. The van der Waals surface area contributed by atoms with E-state index >= 15 is 0 Å². The number of nitrogens with zero attached hydrogens (tertiary/aromatic N) is 1. The van der Waals surface area contributed by atoms with Crippen molar-refractivity contribution >= 4 is 46.8 Å². The second-order valence-electron chi connectivity index (χ2n) is 9.18. The molecule has 0 bridgehead atoms. The number of H-pyrrole nitrogens is 1. The van der Waals surface area contributed by atoms with Crippen LogP contribution >= 0.6 is 23.2 Å². The Morgan fingerprint density at radius 2 is 1.77 bits per heavy atom. The van der Waals surface area contributed by atoms with Crippen molar-refractivity contribution in [3.05, 3.63) is 45.2 Å². The summed E-state index contributed by atoms with van der Waals surface area (Å²) in [5.41, 5.74) is 2.75. The predicted octanol–water partition coefficient (Wildman–Crippen LogP) is 4.26. The van der Waals surface area contributed by atoms with E-state index in [9.17, 15) is 14.4 Å². The molecule has 0 atom stereocenters. The number of likely N-dealkylation sites (tertiary alicyclic amines) is 1. The lowest BCUT2D eigenvalue weighted by Gasteiger charge is -2.33. The third-order valence-electron chi connectivity index (χ3n) is 5.29. The molecule has 0 saturated carbocycles. The zero-order valence-corrected chi connectivity index (χ0v) is 21.5. The number of benzene rings is 1. The number of aryl methyl sites for hydroxylation is 1. The zero-order valence-electron chi connectivity index (χ0n) is 20.0. The Balaban J connectivity index is 1.76. The van der Waals surface area contributed by atoms with Gasteiger partial charge in [-0.25, -0.2) is 10.6 Å². The van der Waals surface area contributed by atoms with Crippen LogP contribution in [0, 0.1) is 6.92 Å². The van der Waals surface area contributed by atoms with Crippen molar-refractivity contribution in [2.45, 2.75) is 52.2 Å². The number of aromatic amines is 1. The van der Waals surface area contributed by atoms with E-state index in [1.807, 2.05) is 20.8 Å². The van der Waals surface area contributed by atoms with Gasteiger partial charge in [0.2, 0.25) is 0 Å². The highest BCUT2D eigenvalue weighted by Crippen LogP contribution is 2.33. The van der Waals surface area contributed by atoms with E-state index in [0.717, 1.165) is 0 Å². The van der Waals surface area contributed by atoms with Gasteiger partial charge in [0.1, 0.15) is 23.1 Å². The van der Waals surface area contributed by atoms with Gasteiger partial charge in [0.05, 0.1) is 15.7 Å². The number of nitrogen functional groups attached to an aromatic ring is 1. The van der Waals surface area contributed by atoms with E-state index in [1.54, 1.807) is 17.9 Å². The van der Waals surface area contributed by atoms with Gasteiger partial charge in [-0.3, -0.25) is 15.0 Å². The normalized spacial score (nSPS) is 14.4. The Morgan fingerprint density at radius 3 is 2.31 bits per heavy atom.